The summed E-state index contributed by atoms with van der Waals surface area (Å²) in [6.07, 6.45) is 1.65. The zero-order chi connectivity index (χ0) is 13.5. The lowest BCUT2D eigenvalue weighted by molar-refractivity contribution is -0.126. The van der Waals surface area contributed by atoms with E-state index in [9.17, 15) is 14.0 Å². The molecule has 4 nitrogen and oxygen atoms in total. The van der Waals surface area contributed by atoms with Crippen molar-refractivity contribution < 1.29 is 14.0 Å². The molecule has 2 amide bonds. The Kier molecular flexibility index (Phi) is 4.11. The number of anilines is 1. The summed E-state index contributed by atoms with van der Waals surface area (Å²) in [6.45, 7) is 1.52. The van der Waals surface area contributed by atoms with Gasteiger partial charge in [-0.15, -0.1) is 12.4 Å². The van der Waals surface area contributed by atoms with Crippen LogP contribution in [0.15, 0.2) is 24.3 Å². The van der Waals surface area contributed by atoms with Crippen molar-refractivity contribution in [1.29, 1.82) is 0 Å². The lowest BCUT2D eigenvalue weighted by Crippen LogP contribution is -2.42. The van der Waals surface area contributed by atoms with E-state index in [1.165, 1.54) is 29.2 Å². The van der Waals surface area contributed by atoms with Crippen molar-refractivity contribution in [1.82, 2.24) is 5.32 Å². The van der Waals surface area contributed by atoms with Gasteiger partial charge in [-0.05, 0) is 50.2 Å². The lowest BCUT2D eigenvalue weighted by atomic mass is 9.77. The van der Waals surface area contributed by atoms with Crippen LogP contribution >= 0.6 is 12.4 Å². The third-order valence-electron chi connectivity index (χ3n) is 4.04. The van der Waals surface area contributed by atoms with Gasteiger partial charge in [-0.1, -0.05) is 0 Å². The van der Waals surface area contributed by atoms with Gasteiger partial charge in [0.05, 0.1) is 11.1 Å². The van der Waals surface area contributed by atoms with Gasteiger partial charge in [0.1, 0.15) is 5.82 Å². The molecule has 0 aliphatic carbocycles. The molecule has 108 valence electrons. The first-order valence-electron chi connectivity index (χ1n) is 6.46. The Morgan fingerprint density at radius 1 is 1.10 bits per heavy atom. The number of nitrogens with zero attached hydrogens (tertiary/aromatic N) is 1. The standard InChI is InChI=1S/C14H15FN2O2.ClH/c15-10-1-3-11(4-2-10)17-12(18)9-14(13(17)19)5-7-16-8-6-14;/h1-4,16H,5-9H2;1H. The summed E-state index contributed by atoms with van der Waals surface area (Å²) in [4.78, 5) is 25.9. The number of rotatable bonds is 1. The molecule has 20 heavy (non-hydrogen) atoms. The van der Waals surface area contributed by atoms with Crippen molar-refractivity contribution in [3.05, 3.63) is 30.1 Å². The molecule has 3 rings (SSSR count). The summed E-state index contributed by atoms with van der Waals surface area (Å²) in [7, 11) is 0. The molecule has 0 atom stereocenters. The maximum absolute atomic E-state index is 12.9. The van der Waals surface area contributed by atoms with Gasteiger partial charge in [-0.25, -0.2) is 4.39 Å². The van der Waals surface area contributed by atoms with E-state index >= 15 is 0 Å². The fourth-order valence-electron chi connectivity index (χ4n) is 2.94. The number of hydrogen-bond donors (Lipinski definition) is 1. The van der Waals surface area contributed by atoms with Gasteiger partial charge < -0.3 is 5.32 Å². The van der Waals surface area contributed by atoms with Gasteiger partial charge in [-0.3, -0.25) is 14.5 Å². The van der Waals surface area contributed by atoms with Crippen molar-refractivity contribution in [2.75, 3.05) is 18.0 Å². The quantitative estimate of drug-likeness (QED) is 0.806. The Hall–Kier alpha value is -1.46. The molecule has 1 spiro atoms. The zero-order valence-corrected chi connectivity index (χ0v) is 11.7. The second kappa shape index (κ2) is 5.50. The number of carbonyl (C=O) groups is 2. The van der Waals surface area contributed by atoms with Crippen molar-refractivity contribution in [2.45, 2.75) is 19.3 Å². The van der Waals surface area contributed by atoms with Crippen LogP contribution in [0.1, 0.15) is 19.3 Å². The number of halogens is 2. The summed E-state index contributed by atoms with van der Waals surface area (Å²) in [6, 6.07) is 5.49. The highest BCUT2D eigenvalue weighted by atomic mass is 35.5. The maximum atomic E-state index is 12.9. The van der Waals surface area contributed by atoms with E-state index in [1.54, 1.807) is 0 Å². The largest absolute Gasteiger partial charge is 0.317 e. The topological polar surface area (TPSA) is 49.4 Å². The molecular weight excluding hydrogens is 283 g/mol. The molecular formula is C14H16ClFN2O2. The van der Waals surface area contributed by atoms with Gasteiger partial charge in [0, 0.05) is 6.42 Å². The van der Waals surface area contributed by atoms with Crippen LogP contribution in [0.3, 0.4) is 0 Å². The number of piperidine rings is 1. The normalized spacial score (nSPS) is 21.1. The molecule has 0 radical (unpaired) electrons. The molecule has 6 heteroatoms. The minimum Gasteiger partial charge on any atom is -0.317 e. The van der Waals surface area contributed by atoms with Gasteiger partial charge >= 0.3 is 0 Å². The van der Waals surface area contributed by atoms with Crippen LogP contribution in [0.5, 0.6) is 0 Å². The fourth-order valence-corrected chi connectivity index (χ4v) is 2.94. The molecule has 1 aromatic rings. The Labute approximate surface area is 122 Å². The summed E-state index contributed by atoms with van der Waals surface area (Å²) in [5.41, 5.74) is -0.0803. The number of imide groups is 1. The van der Waals surface area contributed by atoms with Crippen molar-refractivity contribution in [3.63, 3.8) is 0 Å². The maximum Gasteiger partial charge on any atom is 0.240 e. The minimum absolute atomic E-state index is 0. The molecule has 2 fully saturated rings. The van der Waals surface area contributed by atoms with E-state index in [0.717, 1.165) is 13.1 Å². The Morgan fingerprint density at radius 3 is 2.30 bits per heavy atom. The summed E-state index contributed by atoms with van der Waals surface area (Å²) < 4.78 is 12.9. The second-order valence-electron chi connectivity index (χ2n) is 5.22. The number of nitrogens with one attached hydrogen (secondary N) is 1. The number of hydrogen-bond acceptors (Lipinski definition) is 3. The molecule has 1 aromatic carbocycles. The molecule has 2 heterocycles. The Morgan fingerprint density at radius 2 is 1.70 bits per heavy atom. The third-order valence-corrected chi connectivity index (χ3v) is 4.04. The first-order valence-corrected chi connectivity index (χ1v) is 6.46. The van der Waals surface area contributed by atoms with Gasteiger partial charge in [0.15, 0.2) is 0 Å². The average molecular weight is 299 g/mol. The molecule has 1 N–H and O–H groups in total. The number of carbonyl (C=O) groups excluding carboxylic acids is 2. The van der Waals surface area contributed by atoms with E-state index < -0.39 is 5.41 Å². The van der Waals surface area contributed by atoms with E-state index in [-0.39, 0.29) is 36.5 Å². The fraction of sp³-hybridized carbons (Fsp3) is 0.429. The Balaban J connectivity index is 0.00000147. The number of benzene rings is 1. The highest BCUT2D eigenvalue weighted by Crippen LogP contribution is 2.42. The van der Waals surface area contributed by atoms with Crippen molar-refractivity contribution >= 4 is 29.9 Å². The molecule has 2 saturated heterocycles. The van der Waals surface area contributed by atoms with E-state index in [2.05, 4.69) is 5.32 Å². The zero-order valence-electron chi connectivity index (χ0n) is 10.9. The van der Waals surface area contributed by atoms with Crippen LogP contribution in [-0.2, 0) is 9.59 Å². The smallest absolute Gasteiger partial charge is 0.240 e. The highest BCUT2D eigenvalue weighted by Gasteiger charge is 2.52. The SMILES string of the molecule is Cl.O=C1CC2(CCNCC2)C(=O)N1c1ccc(F)cc1. The van der Waals surface area contributed by atoms with E-state index in [0.29, 0.717) is 18.5 Å². The molecule has 0 aromatic heterocycles. The molecule has 0 bridgehead atoms. The second-order valence-corrected chi connectivity index (χ2v) is 5.22. The molecule has 0 unspecified atom stereocenters. The van der Waals surface area contributed by atoms with Crippen LogP contribution in [-0.4, -0.2) is 24.9 Å². The van der Waals surface area contributed by atoms with Crippen LogP contribution in [0.2, 0.25) is 0 Å². The van der Waals surface area contributed by atoms with Crippen LogP contribution in [0.25, 0.3) is 0 Å². The van der Waals surface area contributed by atoms with Gasteiger partial charge in [0.2, 0.25) is 11.8 Å². The van der Waals surface area contributed by atoms with Gasteiger partial charge in [0.25, 0.3) is 0 Å². The minimum atomic E-state index is -0.545. The first-order chi connectivity index (χ1) is 9.12. The lowest BCUT2D eigenvalue weighted by Gasteiger charge is -2.31. The van der Waals surface area contributed by atoms with E-state index in [1.807, 2.05) is 0 Å². The van der Waals surface area contributed by atoms with Gasteiger partial charge in [-0.2, -0.15) is 0 Å². The van der Waals surface area contributed by atoms with Crippen LogP contribution in [0, 0.1) is 11.2 Å². The first kappa shape index (κ1) is 14.9. The van der Waals surface area contributed by atoms with E-state index in [4.69, 9.17) is 0 Å². The molecule has 2 aliphatic heterocycles. The monoisotopic (exact) mass is 298 g/mol. The predicted octanol–water partition coefficient (Wildman–Crippen LogP) is 1.88. The summed E-state index contributed by atoms with van der Waals surface area (Å²) >= 11 is 0. The number of amides is 2. The summed E-state index contributed by atoms with van der Waals surface area (Å²) in [5, 5.41) is 3.20. The highest BCUT2D eigenvalue weighted by molar-refractivity contribution is 6.22. The molecule has 0 saturated carbocycles. The third kappa shape index (κ3) is 2.31. The van der Waals surface area contributed by atoms with Crippen molar-refractivity contribution in [2.24, 2.45) is 5.41 Å². The van der Waals surface area contributed by atoms with Crippen LogP contribution in [0.4, 0.5) is 10.1 Å². The molecule has 2 aliphatic rings. The van der Waals surface area contributed by atoms with Crippen molar-refractivity contribution in [3.8, 4) is 0 Å². The van der Waals surface area contributed by atoms with Crippen LogP contribution < -0.4 is 10.2 Å². The predicted molar refractivity (Wildman–Crippen MR) is 75.3 cm³/mol. The summed E-state index contributed by atoms with van der Waals surface area (Å²) in [5.74, 6) is -0.691. The average Bonchev–Trinajstić information content (AvgIpc) is 2.64. The Bertz CT molecular complexity index is 526.